The lowest BCUT2D eigenvalue weighted by molar-refractivity contribution is 0.343. The van der Waals surface area contributed by atoms with Crippen molar-refractivity contribution < 1.29 is 9.47 Å². The first-order chi connectivity index (χ1) is 12.8. The maximum absolute atomic E-state index is 5.32. The fourth-order valence-corrected chi connectivity index (χ4v) is 3.32. The molecule has 0 fully saturated rings. The van der Waals surface area contributed by atoms with Crippen molar-refractivity contribution in [2.24, 2.45) is 0 Å². The lowest BCUT2D eigenvalue weighted by atomic mass is 10.2. The highest BCUT2D eigenvalue weighted by molar-refractivity contribution is 7.21. The van der Waals surface area contributed by atoms with Crippen molar-refractivity contribution in [1.82, 2.24) is 19.9 Å². The first-order valence-corrected chi connectivity index (χ1v) is 8.61. The summed E-state index contributed by atoms with van der Waals surface area (Å²) >= 11 is 1.48. The molecule has 0 bridgehead atoms. The van der Waals surface area contributed by atoms with E-state index in [4.69, 9.17) is 14.5 Å². The van der Waals surface area contributed by atoms with Crippen molar-refractivity contribution >= 4 is 32.5 Å². The van der Waals surface area contributed by atoms with Gasteiger partial charge in [0.25, 0.3) is 5.88 Å². The van der Waals surface area contributed by atoms with Crippen molar-refractivity contribution in [1.29, 1.82) is 0 Å². The molecule has 0 spiro atoms. The molecule has 4 aromatic heterocycles. The van der Waals surface area contributed by atoms with Crippen LogP contribution in [0.25, 0.3) is 21.6 Å². The third-order valence-electron chi connectivity index (χ3n) is 3.70. The summed E-state index contributed by atoms with van der Waals surface area (Å²) < 4.78 is 10.5. The van der Waals surface area contributed by atoms with E-state index in [0.29, 0.717) is 11.6 Å². The Kier molecular flexibility index (Phi) is 4.32. The molecule has 0 radical (unpaired) electrons. The molecule has 0 saturated carbocycles. The van der Waals surface area contributed by atoms with Crippen LogP contribution in [0.5, 0.6) is 11.6 Å². The molecule has 1 N–H and O–H groups in total. The van der Waals surface area contributed by atoms with E-state index in [1.165, 1.54) is 11.3 Å². The highest BCUT2D eigenvalue weighted by atomic mass is 32.1. The van der Waals surface area contributed by atoms with Crippen LogP contribution in [0.3, 0.4) is 0 Å². The number of hydrogen-bond acceptors (Lipinski definition) is 8. The van der Waals surface area contributed by atoms with Gasteiger partial charge in [0.05, 0.1) is 31.8 Å². The average molecular weight is 365 g/mol. The van der Waals surface area contributed by atoms with Gasteiger partial charge in [-0.1, -0.05) is 11.3 Å². The third-order valence-corrected chi connectivity index (χ3v) is 4.58. The second kappa shape index (κ2) is 6.93. The number of thiazole rings is 1. The number of pyridine rings is 3. The molecule has 4 aromatic rings. The van der Waals surface area contributed by atoms with Crippen molar-refractivity contribution in [2.75, 3.05) is 19.5 Å². The summed E-state index contributed by atoms with van der Waals surface area (Å²) in [7, 11) is 3.14. The van der Waals surface area contributed by atoms with Crippen molar-refractivity contribution in [3.05, 3.63) is 48.9 Å². The molecule has 0 aliphatic carbocycles. The van der Waals surface area contributed by atoms with E-state index in [1.807, 2.05) is 30.3 Å². The first kappa shape index (κ1) is 16.2. The van der Waals surface area contributed by atoms with Gasteiger partial charge in [0.1, 0.15) is 10.3 Å². The zero-order valence-corrected chi connectivity index (χ0v) is 14.9. The Balaban J connectivity index is 1.67. The maximum Gasteiger partial charge on any atom is 0.256 e. The van der Waals surface area contributed by atoms with Gasteiger partial charge in [0, 0.05) is 18.0 Å². The Labute approximate surface area is 153 Å². The van der Waals surface area contributed by atoms with Crippen LogP contribution in [0.2, 0.25) is 0 Å². The second-order valence-electron chi connectivity index (χ2n) is 5.34. The highest BCUT2D eigenvalue weighted by Crippen LogP contribution is 2.32. The Hall–Kier alpha value is -3.26. The summed E-state index contributed by atoms with van der Waals surface area (Å²) in [6, 6.07) is 9.53. The van der Waals surface area contributed by atoms with Gasteiger partial charge in [-0.05, 0) is 30.3 Å². The molecule has 8 heteroatoms. The van der Waals surface area contributed by atoms with Crippen LogP contribution >= 0.6 is 11.3 Å². The number of rotatable bonds is 5. The van der Waals surface area contributed by atoms with Gasteiger partial charge in [0.2, 0.25) is 0 Å². The van der Waals surface area contributed by atoms with E-state index in [0.717, 1.165) is 32.4 Å². The predicted molar refractivity (Wildman–Crippen MR) is 101 cm³/mol. The van der Waals surface area contributed by atoms with Gasteiger partial charge in [-0.2, -0.15) is 0 Å². The standard InChI is InChI=1S/C18H15N5O2S/c1-24-15-8-11(9-20-16(15)25-2)13-5-6-14-17(22-13)26-18(23-14)21-12-4-3-7-19-10-12/h3-10H,1-2H3,(H,21,23). The molecule has 4 rings (SSSR count). The van der Waals surface area contributed by atoms with Gasteiger partial charge in [0.15, 0.2) is 10.9 Å². The number of aromatic nitrogens is 4. The molecule has 130 valence electrons. The van der Waals surface area contributed by atoms with Gasteiger partial charge in [-0.15, -0.1) is 0 Å². The third kappa shape index (κ3) is 3.14. The minimum Gasteiger partial charge on any atom is -0.491 e. The van der Waals surface area contributed by atoms with Gasteiger partial charge < -0.3 is 14.8 Å². The van der Waals surface area contributed by atoms with Crippen molar-refractivity contribution in [3.8, 4) is 22.9 Å². The summed E-state index contributed by atoms with van der Waals surface area (Å²) in [5.41, 5.74) is 3.36. The largest absolute Gasteiger partial charge is 0.491 e. The molecular weight excluding hydrogens is 350 g/mol. The van der Waals surface area contributed by atoms with E-state index >= 15 is 0 Å². The maximum atomic E-state index is 5.32. The predicted octanol–water partition coefficient (Wildman–Crippen LogP) is 3.91. The molecule has 0 unspecified atom stereocenters. The number of fused-ring (bicyclic) bond motifs is 1. The SMILES string of the molecule is COc1cc(-c2ccc3nc(Nc4cccnc4)sc3n2)cnc1OC. The zero-order chi connectivity index (χ0) is 17.9. The monoisotopic (exact) mass is 365 g/mol. The summed E-state index contributed by atoms with van der Waals surface area (Å²) in [6.45, 7) is 0. The second-order valence-corrected chi connectivity index (χ2v) is 6.32. The van der Waals surface area contributed by atoms with Crippen LogP contribution in [-0.2, 0) is 0 Å². The van der Waals surface area contributed by atoms with E-state index in [2.05, 4.69) is 20.3 Å². The van der Waals surface area contributed by atoms with Gasteiger partial charge in [-0.25, -0.2) is 15.0 Å². The van der Waals surface area contributed by atoms with Crippen molar-refractivity contribution in [3.63, 3.8) is 0 Å². The van der Waals surface area contributed by atoms with E-state index < -0.39 is 0 Å². The molecule has 7 nitrogen and oxygen atoms in total. The zero-order valence-electron chi connectivity index (χ0n) is 14.1. The fourth-order valence-electron chi connectivity index (χ4n) is 2.46. The fraction of sp³-hybridized carbons (Fsp3) is 0.111. The quantitative estimate of drug-likeness (QED) is 0.574. The van der Waals surface area contributed by atoms with Crippen LogP contribution in [-0.4, -0.2) is 34.2 Å². The smallest absolute Gasteiger partial charge is 0.256 e. The lowest BCUT2D eigenvalue weighted by Crippen LogP contribution is -1.94. The molecule has 0 aromatic carbocycles. The topological polar surface area (TPSA) is 82.0 Å². The van der Waals surface area contributed by atoms with Crippen LogP contribution in [0.15, 0.2) is 48.9 Å². The molecule has 0 atom stereocenters. The summed E-state index contributed by atoms with van der Waals surface area (Å²) in [5, 5.41) is 4.01. The Bertz CT molecular complexity index is 1050. The van der Waals surface area contributed by atoms with Crippen LogP contribution in [0.4, 0.5) is 10.8 Å². The number of anilines is 2. The number of hydrogen-bond donors (Lipinski definition) is 1. The summed E-state index contributed by atoms with van der Waals surface area (Å²) in [6.07, 6.45) is 5.19. The van der Waals surface area contributed by atoms with E-state index in [-0.39, 0.29) is 0 Å². The number of nitrogens with zero attached hydrogens (tertiary/aromatic N) is 4. The Morgan fingerprint density at radius 2 is 1.96 bits per heavy atom. The van der Waals surface area contributed by atoms with Crippen LogP contribution in [0.1, 0.15) is 0 Å². The number of ether oxygens (including phenoxy) is 2. The molecule has 4 heterocycles. The number of nitrogens with one attached hydrogen (secondary N) is 1. The molecule has 0 aliphatic heterocycles. The lowest BCUT2D eigenvalue weighted by Gasteiger charge is -2.08. The van der Waals surface area contributed by atoms with E-state index in [1.54, 1.807) is 32.8 Å². The highest BCUT2D eigenvalue weighted by Gasteiger charge is 2.11. The van der Waals surface area contributed by atoms with Crippen LogP contribution < -0.4 is 14.8 Å². The normalized spacial score (nSPS) is 10.7. The number of methoxy groups -OCH3 is 2. The molecule has 0 amide bonds. The van der Waals surface area contributed by atoms with E-state index in [9.17, 15) is 0 Å². The van der Waals surface area contributed by atoms with Crippen LogP contribution in [0, 0.1) is 0 Å². The first-order valence-electron chi connectivity index (χ1n) is 7.80. The molecular formula is C18H15N5O2S. The summed E-state index contributed by atoms with van der Waals surface area (Å²) in [5.74, 6) is 1.01. The Morgan fingerprint density at radius 1 is 1.04 bits per heavy atom. The molecule has 0 aliphatic rings. The molecule has 26 heavy (non-hydrogen) atoms. The van der Waals surface area contributed by atoms with Crippen molar-refractivity contribution in [2.45, 2.75) is 0 Å². The van der Waals surface area contributed by atoms with Gasteiger partial charge >= 0.3 is 0 Å². The summed E-state index contributed by atoms with van der Waals surface area (Å²) in [4.78, 5) is 18.5. The minimum atomic E-state index is 0.443. The minimum absolute atomic E-state index is 0.443. The Morgan fingerprint density at radius 3 is 2.73 bits per heavy atom. The van der Waals surface area contributed by atoms with Gasteiger partial charge in [-0.3, -0.25) is 4.98 Å². The molecule has 0 saturated heterocycles. The average Bonchev–Trinajstić information content (AvgIpc) is 3.09.